The van der Waals surface area contributed by atoms with Crippen molar-refractivity contribution in [2.75, 3.05) is 6.54 Å². The van der Waals surface area contributed by atoms with Gasteiger partial charge in [0.25, 0.3) is 5.56 Å². The third-order valence-corrected chi connectivity index (χ3v) is 4.59. The van der Waals surface area contributed by atoms with Crippen molar-refractivity contribution in [3.8, 4) is 0 Å². The minimum absolute atomic E-state index is 0.0401. The molecule has 2 aromatic heterocycles. The Morgan fingerprint density at radius 3 is 3.00 bits per heavy atom. The van der Waals surface area contributed by atoms with Crippen LogP contribution in [-0.2, 0) is 13.6 Å². The van der Waals surface area contributed by atoms with E-state index >= 15 is 0 Å². The Balaban J connectivity index is 1.99. The van der Waals surface area contributed by atoms with E-state index in [1.54, 1.807) is 4.57 Å². The number of para-hydroxylation sites is 2. The summed E-state index contributed by atoms with van der Waals surface area (Å²) >= 11 is 1.44. The van der Waals surface area contributed by atoms with Crippen molar-refractivity contribution in [1.29, 1.82) is 0 Å². The largest absolute Gasteiger partial charge is 0.328 e. The molecule has 3 aromatic rings. The van der Waals surface area contributed by atoms with Crippen LogP contribution in [0.2, 0.25) is 0 Å². The average Bonchev–Trinajstić information content (AvgIpc) is 3.10. The molecule has 0 unspecified atom stereocenters. The Bertz CT molecular complexity index is 993. The summed E-state index contributed by atoms with van der Waals surface area (Å²) in [6, 6.07) is 7.95. The summed E-state index contributed by atoms with van der Waals surface area (Å²) in [5.41, 5.74) is 2.04. The molecule has 4 rings (SSSR count). The Hall–Kier alpha value is -2.21. The zero-order chi connectivity index (χ0) is 13.7. The number of nitrogens with zero attached hydrogens (tertiary/aromatic N) is 4. The van der Waals surface area contributed by atoms with E-state index in [0.29, 0.717) is 17.6 Å². The molecule has 1 aliphatic rings. The van der Waals surface area contributed by atoms with E-state index in [0.717, 1.165) is 21.7 Å². The lowest BCUT2D eigenvalue weighted by Gasteiger charge is -1.95. The van der Waals surface area contributed by atoms with Crippen molar-refractivity contribution in [1.82, 2.24) is 14.1 Å². The maximum Gasteiger partial charge on any atom is 0.270 e. The molecule has 0 atom stereocenters. The van der Waals surface area contributed by atoms with Crippen LogP contribution in [0.3, 0.4) is 0 Å². The zero-order valence-electron chi connectivity index (χ0n) is 10.9. The van der Waals surface area contributed by atoms with Gasteiger partial charge in [-0.25, -0.2) is 4.98 Å². The summed E-state index contributed by atoms with van der Waals surface area (Å²) in [6.07, 6.45) is 1.86. The van der Waals surface area contributed by atoms with Gasteiger partial charge < -0.3 is 4.57 Å². The number of hydrogen-bond donors (Lipinski definition) is 0. The molecule has 20 heavy (non-hydrogen) atoms. The molecule has 0 N–H and O–H groups in total. The molecular formula is C14H12N4OS. The Kier molecular flexibility index (Phi) is 2.40. The molecule has 6 heteroatoms. The van der Waals surface area contributed by atoms with Gasteiger partial charge in [-0.2, -0.15) is 0 Å². The van der Waals surface area contributed by atoms with Gasteiger partial charge in [-0.15, -0.1) is 0 Å². The number of aryl methyl sites for hydroxylation is 1. The fraction of sp³-hybridized carbons (Fsp3) is 0.214. The molecule has 5 nitrogen and oxygen atoms in total. The first kappa shape index (κ1) is 11.6. The summed E-state index contributed by atoms with van der Waals surface area (Å²) in [7, 11) is 1.96. The normalized spacial score (nSPS) is 14.8. The summed E-state index contributed by atoms with van der Waals surface area (Å²) < 4.78 is 4.43. The summed E-state index contributed by atoms with van der Waals surface area (Å²) in [4.78, 5) is 21.9. The highest BCUT2D eigenvalue weighted by atomic mass is 32.1. The molecule has 0 spiro atoms. The first-order valence-corrected chi connectivity index (χ1v) is 7.23. The fourth-order valence-corrected chi connectivity index (χ4v) is 3.48. The number of rotatable bonds is 1. The summed E-state index contributed by atoms with van der Waals surface area (Å²) in [5.74, 6) is 0.795. The second-order valence-electron chi connectivity index (χ2n) is 4.75. The molecule has 1 aliphatic heterocycles. The number of fused-ring (bicyclic) bond motifs is 2. The summed E-state index contributed by atoms with van der Waals surface area (Å²) in [6.45, 7) is 1.41. The lowest BCUT2D eigenvalue weighted by molar-refractivity contribution is 0.740. The van der Waals surface area contributed by atoms with E-state index in [9.17, 15) is 4.79 Å². The molecule has 0 amide bonds. The Labute approximate surface area is 118 Å². The number of imidazole rings is 1. The molecule has 0 aliphatic carbocycles. The van der Waals surface area contributed by atoms with Crippen LogP contribution in [0.4, 0.5) is 0 Å². The lowest BCUT2D eigenvalue weighted by Crippen LogP contribution is -2.29. The van der Waals surface area contributed by atoms with Gasteiger partial charge in [0.05, 0.1) is 22.1 Å². The quantitative estimate of drug-likeness (QED) is 0.643. The molecule has 0 saturated carbocycles. The van der Waals surface area contributed by atoms with Crippen LogP contribution in [0.15, 0.2) is 34.1 Å². The SMILES string of the molecule is Cn1c(C=c2sc3n(c2=O)CCN=3)nc2ccccc21. The molecule has 0 radical (unpaired) electrons. The number of hydrogen-bond acceptors (Lipinski definition) is 4. The van der Waals surface area contributed by atoms with Gasteiger partial charge in [0.1, 0.15) is 5.82 Å². The highest BCUT2D eigenvalue weighted by molar-refractivity contribution is 7.07. The molecule has 0 bridgehead atoms. The van der Waals surface area contributed by atoms with Crippen LogP contribution in [0.5, 0.6) is 0 Å². The van der Waals surface area contributed by atoms with Crippen LogP contribution in [0.1, 0.15) is 5.82 Å². The minimum atomic E-state index is 0.0401. The van der Waals surface area contributed by atoms with Gasteiger partial charge >= 0.3 is 0 Å². The van der Waals surface area contributed by atoms with Crippen LogP contribution in [0, 0.1) is 0 Å². The molecule has 3 heterocycles. The van der Waals surface area contributed by atoms with Gasteiger partial charge in [-0.05, 0) is 12.1 Å². The van der Waals surface area contributed by atoms with E-state index in [2.05, 4.69) is 9.98 Å². The zero-order valence-corrected chi connectivity index (χ0v) is 11.7. The van der Waals surface area contributed by atoms with Gasteiger partial charge in [-0.3, -0.25) is 14.4 Å². The van der Waals surface area contributed by atoms with E-state index < -0.39 is 0 Å². The molecule has 100 valence electrons. The monoisotopic (exact) mass is 284 g/mol. The van der Waals surface area contributed by atoms with Crippen molar-refractivity contribution in [2.24, 2.45) is 12.0 Å². The smallest absolute Gasteiger partial charge is 0.270 e. The molecule has 1 aromatic carbocycles. The van der Waals surface area contributed by atoms with Crippen LogP contribution in [-0.4, -0.2) is 20.7 Å². The molecular weight excluding hydrogens is 272 g/mol. The minimum Gasteiger partial charge on any atom is -0.328 e. The van der Waals surface area contributed by atoms with Crippen molar-refractivity contribution >= 4 is 28.4 Å². The standard InChI is InChI=1S/C14H12N4OS/c1-17-10-5-3-2-4-9(10)16-12(17)8-11-13(19)18-7-6-15-14(18)20-11/h2-5,8H,6-7H2,1H3. The van der Waals surface area contributed by atoms with E-state index in [-0.39, 0.29) is 5.56 Å². The second-order valence-corrected chi connectivity index (χ2v) is 5.76. The number of benzene rings is 1. The first-order valence-electron chi connectivity index (χ1n) is 6.41. The van der Waals surface area contributed by atoms with Crippen LogP contribution < -0.4 is 14.9 Å². The number of aromatic nitrogens is 3. The van der Waals surface area contributed by atoms with Crippen LogP contribution >= 0.6 is 11.3 Å². The van der Waals surface area contributed by atoms with Gasteiger partial charge in [0, 0.05) is 19.7 Å². The predicted octanol–water partition coefficient (Wildman–Crippen LogP) is 0.258. The van der Waals surface area contributed by atoms with Crippen LogP contribution in [0.25, 0.3) is 17.1 Å². The Morgan fingerprint density at radius 1 is 1.35 bits per heavy atom. The van der Waals surface area contributed by atoms with E-state index in [1.807, 2.05) is 42.0 Å². The average molecular weight is 284 g/mol. The van der Waals surface area contributed by atoms with Crippen molar-refractivity contribution in [3.63, 3.8) is 0 Å². The maximum atomic E-state index is 12.2. The molecule has 0 saturated heterocycles. The lowest BCUT2D eigenvalue weighted by atomic mass is 10.3. The second kappa shape index (κ2) is 4.14. The Morgan fingerprint density at radius 2 is 2.20 bits per heavy atom. The highest BCUT2D eigenvalue weighted by Crippen LogP contribution is 2.14. The maximum absolute atomic E-state index is 12.2. The number of thiazole rings is 1. The fourth-order valence-electron chi connectivity index (χ4n) is 2.48. The van der Waals surface area contributed by atoms with Gasteiger partial charge in [0.15, 0.2) is 4.80 Å². The van der Waals surface area contributed by atoms with Gasteiger partial charge in [-0.1, -0.05) is 23.5 Å². The van der Waals surface area contributed by atoms with Crippen molar-refractivity contribution in [2.45, 2.75) is 6.54 Å². The highest BCUT2D eigenvalue weighted by Gasteiger charge is 2.11. The van der Waals surface area contributed by atoms with Gasteiger partial charge in [0.2, 0.25) is 0 Å². The third kappa shape index (κ3) is 1.58. The first-order chi connectivity index (χ1) is 9.74. The van der Waals surface area contributed by atoms with E-state index in [4.69, 9.17) is 0 Å². The summed E-state index contributed by atoms with van der Waals surface area (Å²) in [5, 5.41) is 0. The van der Waals surface area contributed by atoms with Crippen molar-refractivity contribution in [3.05, 3.63) is 49.8 Å². The topological polar surface area (TPSA) is 52.2 Å². The van der Waals surface area contributed by atoms with E-state index in [1.165, 1.54) is 11.3 Å². The predicted molar refractivity (Wildman–Crippen MR) is 78.5 cm³/mol. The van der Waals surface area contributed by atoms with Crippen molar-refractivity contribution < 1.29 is 0 Å². The molecule has 0 fully saturated rings. The third-order valence-electron chi connectivity index (χ3n) is 3.54.